The van der Waals surface area contributed by atoms with E-state index >= 15 is 0 Å². The lowest BCUT2D eigenvalue weighted by molar-refractivity contribution is 0.402. The van der Waals surface area contributed by atoms with Crippen LogP contribution in [-0.4, -0.2) is 21.6 Å². The van der Waals surface area contributed by atoms with E-state index in [1.165, 1.54) is 12.7 Å². The number of allylic oxidation sites excluding steroid dienone is 4. The average molecular weight is 374 g/mol. The van der Waals surface area contributed by atoms with Crippen molar-refractivity contribution in [3.63, 3.8) is 0 Å². The van der Waals surface area contributed by atoms with E-state index in [0.717, 1.165) is 35.0 Å². The number of nitrogens with zero attached hydrogens (tertiary/aromatic N) is 3. The highest BCUT2D eigenvalue weighted by Gasteiger charge is 2.12. The highest BCUT2D eigenvalue weighted by Crippen LogP contribution is 2.25. The lowest BCUT2D eigenvalue weighted by Crippen LogP contribution is -2.19. The molecule has 0 bridgehead atoms. The smallest absolute Gasteiger partial charge is 0.316 e. The quantitative estimate of drug-likeness (QED) is 0.727. The molecule has 3 aromatic rings. The Morgan fingerprint density at radius 2 is 2.18 bits per heavy atom. The number of aryl methyl sites for hydroxylation is 1. The molecule has 0 saturated heterocycles. The SMILES string of the molecule is COc1cn(CC2=CCCC=C2)c(Nc2cc3ncccc3cc2C)nc1=O. The summed E-state index contributed by atoms with van der Waals surface area (Å²) in [6.45, 7) is 2.63. The van der Waals surface area contributed by atoms with Crippen LogP contribution in [0.5, 0.6) is 5.75 Å². The third kappa shape index (κ3) is 3.67. The second kappa shape index (κ2) is 7.68. The highest BCUT2D eigenvalue weighted by atomic mass is 16.5. The number of nitrogens with one attached hydrogen (secondary N) is 1. The Hall–Kier alpha value is -3.41. The van der Waals surface area contributed by atoms with Crippen molar-refractivity contribution in [3.05, 3.63) is 76.4 Å². The summed E-state index contributed by atoms with van der Waals surface area (Å²) < 4.78 is 7.10. The van der Waals surface area contributed by atoms with Crippen molar-refractivity contribution in [1.82, 2.24) is 14.5 Å². The molecule has 142 valence electrons. The van der Waals surface area contributed by atoms with Gasteiger partial charge < -0.3 is 14.6 Å². The molecule has 0 saturated carbocycles. The molecule has 0 spiro atoms. The number of fused-ring (bicyclic) bond motifs is 1. The predicted molar refractivity (Wildman–Crippen MR) is 111 cm³/mol. The van der Waals surface area contributed by atoms with Crippen LogP contribution in [0.4, 0.5) is 11.6 Å². The van der Waals surface area contributed by atoms with Gasteiger partial charge in [0.15, 0.2) is 0 Å². The van der Waals surface area contributed by atoms with Gasteiger partial charge in [0, 0.05) is 17.3 Å². The number of ether oxygens (including phenoxy) is 1. The first-order valence-corrected chi connectivity index (χ1v) is 9.27. The molecular weight excluding hydrogens is 352 g/mol. The van der Waals surface area contributed by atoms with Gasteiger partial charge in [-0.25, -0.2) is 0 Å². The van der Waals surface area contributed by atoms with E-state index in [4.69, 9.17) is 4.74 Å². The van der Waals surface area contributed by atoms with Crippen LogP contribution in [0.15, 0.2) is 65.3 Å². The molecule has 1 aromatic carbocycles. The minimum absolute atomic E-state index is 0.225. The first-order chi connectivity index (χ1) is 13.6. The summed E-state index contributed by atoms with van der Waals surface area (Å²) in [7, 11) is 1.48. The highest BCUT2D eigenvalue weighted by molar-refractivity contribution is 5.84. The zero-order chi connectivity index (χ0) is 19.5. The molecule has 2 heterocycles. The van der Waals surface area contributed by atoms with Gasteiger partial charge in [-0.1, -0.05) is 24.3 Å². The lowest BCUT2D eigenvalue weighted by atomic mass is 10.1. The summed E-state index contributed by atoms with van der Waals surface area (Å²) in [5.41, 5.74) is 3.58. The van der Waals surface area contributed by atoms with Crippen LogP contribution in [0.1, 0.15) is 18.4 Å². The zero-order valence-corrected chi connectivity index (χ0v) is 16.0. The molecule has 0 unspecified atom stereocenters. The predicted octanol–water partition coefficient (Wildman–Crippen LogP) is 4.13. The van der Waals surface area contributed by atoms with Gasteiger partial charge in [-0.15, -0.1) is 0 Å². The van der Waals surface area contributed by atoms with Crippen molar-refractivity contribution >= 4 is 22.5 Å². The van der Waals surface area contributed by atoms with Crippen LogP contribution in [0.25, 0.3) is 10.9 Å². The Balaban J connectivity index is 1.75. The minimum atomic E-state index is -0.397. The van der Waals surface area contributed by atoms with E-state index in [1.54, 1.807) is 12.4 Å². The molecule has 0 atom stereocenters. The largest absolute Gasteiger partial charge is 0.490 e. The number of pyridine rings is 1. The van der Waals surface area contributed by atoms with E-state index < -0.39 is 5.56 Å². The third-order valence-electron chi connectivity index (χ3n) is 4.80. The molecule has 1 aliphatic carbocycles. The number of benzene rings is 1. The van der Waals surface area contributed by atoms with Crippen molar-refractivity contribution in [2.24, 2.45) is 0 Å². The van der Waals surface area contributed by atoms with Crippen molar-refractivity contribution < 1.29 is 4.74 Å². The van der Waals surface area contributed by atoms with E-state index in [1.807, 2.05) is 29.7 Å². The van der Waals surface area contributed by atoms with Gasteiger partial charge in [-0.2, -0.15) is 4.98 Å². The Morgan fingerprint density at radius 1 is 1.29 bits per heavy atom. The van der Waals surface area contributed by atoms with E-state index in [-0.39, 0.29) is 5.75 Å². The maximum atomic E-state index is 12.3. The summed E-state index contributed by atoms with van der Waals surface area (Å²) in [4.78, 5) is 20.9. The fourth-order valence-electron chi connectivity index (χ4n) is 3.30. The summed E-state index contributed by atoms with van der Waals surface area (Å²) in [5, 5.41) is 4.39. The fourth-order valence-corrected chi connectivity index (χ4v) is 3.30. The molecular formula is C22H22N4O2. The van der Waals surface area contributed by atoms with E-state index in [2.05, 4.69) is 39.6 Å². The Bertz CT molecular complexity index is 1140. The van der Waals surface area contributed by atoms with Crippen LogP contribution in [-0.2, 0) is 6.54 Å². The molecule has 0 amide bonds. The maximum absolute atomic E-state index is 12.3. The van der Waals surface area contributed by atoms with Gasteiger partial charge in [0.1, 0.15) is 0 Å². The van der Waals surface area contributed by atoms with E-state index in [0.29, 0.717) is 12.5 Å². The number of methoxy groups -OCH3 is 1. The summed E-state index contributed by atoms with van der Waals surface area (Å²) in [6.07, 6.45) is 12.0. The van der Waals surface area contributed by atoms with Crippen LogP contribution in [0, 0.1) is 6.92 Å². The van der Waals surface area contributed by atoms with Crippen molar-refractivity contribution in [3.8, 4) is 5.75 Å². The Labute approximate surface area is 163 Å². The summed E-state index contributed by atoms with van der Waals surface area (Å²) in [6, 6.07) is 8.00. The maximum Gasteiger partial charge on any atom is 0.316 e. The van der Waals surface area contributed by atoms with Gasteiger partial charge in [-0.05, 0) is 49.1 Å². The van der Waals surface area contributed by atoms with E-state index in [9.17, 15) is 4.79 Å². The number of anilines is 2. The molecule has 6 nitrogen and oxygen atoms in total. The van der Waals surface area contributed by atoms with Gasteiger partial charge >= 0.3 is 5.56 Å². The number of aromatic nitrogens is 3. The standard InChI is InChI=1S/C22H22N4O2/c1-15-11-17-9-6-10-23-19(17)12-18(15)24-22-25-21(27)20(28-2)14-26(22)13-16-7-4-3-5-8-16/h4,6-12,14H,3,5,13H2,1-2H3,(H,24,25,27). The van der Waals surface area contributed by atoms with Crippen LogP contribution >= 0.6 is 0 Å². The second-order valence-electron chi connectivity index (χ2n) is 6.81. The lowest BCUT2D eigenvalue weighted by Gasteiger charge is -2.18. The molecule has 6 heteroatoms. The number of rotatable bonds is 5. The topological polar surface area (TPSA) is 69.0 Å². The monoisotopic (exact) mass is 374 g/mol. The van der Waals surface area contributed by atoms with Crippen LogP contribution in [0.3, 0.4) is 0 Å². The van der Waals surface area contributed by atoms with Crippen LogP contribution < -0.4 is 15.6 Å². The fraction of sp³-hybridized carbons (Fsp3) is 0.227. The average Bonchev–Trinajstić information content (AvgIpc) is 2.71. The summed E-state index contributed by atoms with van der Waals surface area (Å²) in [5.74, 6) is 0.701. The molecule has 0 aliphatic heterocycles. The molecule has 1 aliphatic rings. The summed E-state index contributed by atoms with van der Waals surface area (Å²) >= 11 is 0. The zero-order valence-electron chi connectivity index (χ0n) is 16.0. The molecule has 1 N–H and O–H groups in total. The molecule has 0 fully saturated rings. The normalized spacial score (nSPS) is 13.4. The first-order valence-electron chi connectivity index (χ1n) is 9.27. The van der Waals surface area contributed by atoms with Gasteiger partial charge in [-0.3, -0.25) is 9.78 Å². The minimum Gasteiger partial charge on any atom is -0.490 e. The number of hydrogen-bond acceptors (Lipinski definition) is 5. The second-order valence-corrected chi connectivity index (χ2v) is 6.81. The van der Waals surface area contributed by atoms with Crippen molar-refractivity contribution in [2.45, 2.75) is 26.3 Å². The van der Waals surface area contributed by atoms with Gasteiger partial charge in [0.2, 0.25) is 11.7 Å². The first kappa shape index (κ1) is 18.0. The Kier molecular flexibility index (Phi) is 4.93. The molecule has 2 aromatic heterocycles. The number of hydrogen-bond donors (Lipinski definition) is 1. The Morgan fingerprint density at radius 3 is 2.96 bits per heavy atom. The molecule has 0 radical (unpaired) electrons. The van der Waals surface area contributed by atoms with Crippen molar-refractivity contribution in [1.29, 1.82) is 0 Å². The van der Waals surface area contributed by atoms with Crippen molar-refractivity contribution in [2.75, 3.05) is 12.4 Å². The molecule has 28 heavy (non-hydrogen) atoms. The van der Waals surface area contributed by atoms with Gasteiger partial charge in [0.25, 0.3) is 0 Å². The molecule has 4 rings (SSSR count). The van der Waals surface area contributed by atoms with Gasteiger partial charge in [0.05, 0.1) is 25.4 Å². The third-order valence-corrected chi connectivity index (χ3v) is 4.80. The van der Waals surface area contributed by atoms with Crippen LogP contribution in [0.2, 0.25) is 0 Å².